The highest BCUT2D eigenvalue weighted by molar-refractivity contribution is 7.90. The molecule has 1 amide bonds. The fourth-order valence-electron chi connectivity index (χ4n) is 4.18. The fraction of sp³-hybridized carbons (Fsp3) is 0.650. The van der Waals surface area contributed by atoms with Gasteiger partial charge in [0.1, 0.15) is 0 Å². The third kappa shape index (κ3) is 5.53. The van der Waals surface area contributed by atoms with E-state index >= 15 is 0 Å². The average molecular weight is 395 g/mol. The Labute approximate surface area is 162 Å². The minimum Gasteiger partial charge on any atom is -0.392 e. The van der Waals surface area contributed by atoms with Crippen LogP contribution in [0.3, 0.4) is 0 Å². The average Bonchev–Trinajstić information content (AvgIpc) is 3.14. The van der Waals surface area contributed by atoms with Gasteiger partial charge >= 0.3 is 0 Å². The zero-order valence-electron chi connectivity index (χ0n) is 16.0. The predicted octanol–water partition coefficient (Wildman–Crippen LogP) is 1.79. The summed E-state index contributed by atoms with van der Waals surface area (Å²) in [7, 11) is -3.33. The summed E-state index contributed by atoms with van der Waals surface area (Å²) in [5.74, 6) is 0.539. The van der Waals surface area contributed by atoms with Gasteiger partial charge in [-0.15, -0.1) is 0 Å². The lowest BCUT2D eigenvalue weighted by Crippen LogP contribution is -2.50. The Balaban J connectivity index is 1.50. The van der Waals surface area contributed by atoms with Gasteiger partial charge in [-0.2, -0.15) is 0 Å². The van der Waals surface area contributed by atoms with E-state index in [4.69, 9.17) is 0 Å². The number of amides is 1. The Bertz CT molecular complexity index is 751. The van der Waals surface area contributed by atoms with E-state index in [1.165, 1.54) is 37.8 Å². The second-order valence-electron chi connectivity index (χ2n) is 7.93. The maximum Gasteiger partial charge on any atom is 0.253 e. The quantitative estimate of drug-likeness (QED) is 0.796. The lowest BCUT2D eigenvalue weighted by atomic mass is 9.99. The van der Waals surface area contributed by atoms with Gasteiger partial charge < -0.3 is 10.0 Å². The van der Waals surface area contributed by atoms with E-state index in [1.54, 1.807) is 17.0 Å². The van der Waals surface area contributed by atoms with Crippen LogP contribution in [0, 0.1) is 5.92 Å². The number of hydrogen-bond acceptors (Lipinski definition) is 5. The summed E-state index contributed by atoms with van der Waals surface area (Å²) >= 11 is 0. The maximum absolute atomic E-state index is 12.7. The van der Waals surface area contributed by atoms with Gasteiger partial charge in [0, 0.05) is 44.5 Å². The second-order valence-corrected chi connectivity index (χ2v) is 9.95. The van der Waals surface area contributed by atoms with E-state index in [0.717, 1.165) is 25.8 Å². The summed E-state index contributed by atoms with van der Waals surface area (Å²) in [6, 6.07) is 6.24. The van der Waals surface area contributed by atoms with Gasteiger partial charge in [0.2, 0.25) is 0 Å². The molecular weight excluding hydrogens is 364 g/mol. The maximum atomic E-state index is 12.7. The molecule has 1 N–H and O–H groups in total. The first-order valence-corrected chi connectivity index (χ1v) is 11.7. The van der Waals surface area contributed by atoms with Crippen LogP contribution in [-0.4, -0.2) is 74.3 Å². The second kappa shape index (κ2) is 8.71. The minimum atomic E-state index is -3.33. The van der Waals surface area contributed by atoms with Gasteiger partial charge in [0.15, 0.2) is 9.84 Å². The molecule has 0 aromatic heterocycles. The van der Waals surface area contributed by atoms with Crippen molar-refractivity contribution >= 4 is 15.7 Å². The van der Waals surface area contributed by atoms with Crippen molar-refractivity contribution in [2.45, 2.75) is 43.1 Å². The van der Waals surface area contributed by atoms with Crippen molar-refractivity contribution in [3.05, 3.63) is 29.8 Å². The molecule has 1 saturated carbocycles. The van der Waals surface area contributed by atoms with E-state index in [1.807, 2.05) is 0 Å². The Morgan fingerprint density at radius 1 is 1.19 bits per heavy atom. The van der Waals surface area contributed by atoms with Crippen LogP contribution in [-0.2, 0) is 9.84 Å². The molecule has 0 spiro atoms. The molecule has 1 aliphatic heterocycles. The van der Waals surface area contributed by atoms with Crippen LogP contribution in [0.4, 0.5) is 0 Å². The van der Waals surface area contributed by atoms with E-state index in [0.29, 0.717) is 31.1 Å². The zero-order chi connectivity index (χ0) is 19.4. The Kier molecular flexibility index (Phi) is 6.55. The number of carbonyl (C=O) groups excluding carboxylic acids is 1. The zero-order valence-corrected chi connectivity index (χ0v) is 16.8. The third-order valence-corrected chi connectivity index (χ3v) is 6.83. The molecule has 0 bridgehead atoms. The molecule has 1 aromatic rings. The van der Waals surface area contributed by atoms with Gasteiger partial charge in [0.25, 0.3) is 5.91 Å². The summed E-state index contributed by atoms with van der Waals surface area (Å²) in [6.45, 7) is 3.33. The highest BCUT2D eigenvalue weighted by Gasteiger charge is 2.25. The molecule has 0 unspecified atom stereocenters. The third-order valence-electron chi connectivity index (χ3n) is 5.72. The monoisotopic (exact) mass is 394 g/mol. The summed E-state index contributed by atoms with van der Waals surface area (Å²) in [5.41, 5.74) is 0.410. The van der Waals surface area contributed by atoms with Crippen molar-refractivity contribution in [3.8, 4) is 0 Å². The molecule has 7 heteroatoms. The number of β-amino-alcohol motifs (C(OH)–C–C–N with tert-alkyl or cyclic N) is 1. The van der Waals surface area contributed by atoms with Crippen molar-refractivity contribution in [1.29, 1.82) is 0 Å². The van der Waals surface area contributed by atoms with E-state index in [-0.39, 0.29) is 16.9 Å². The molecule has 150 valence electrons. The van der Waals surface area contributed by atoms with Crippen LogP contribution in [0.15, 0.2) is 29.2 Å². The van der Waals surface area contributed by atoms with Crippen LogP contribution in [0.1, 0.15) is 42.5 Å². The first-order valence-electron chi connectivity index (χ1n) is 9.83. The summed E-state index contributed by atoms with van der Waals surface area (Å²) in [5, 5.41) is 10.3. The van der Waals surface area contributed by atoms with Crippen LogP contribution >= 0.6 is 0 Å². The topological polar surface area (TPSA) is 77.9 Å². The molecule has 1 heterocycles. The number of nitrogens with zero attached hydrogens (tertiary/aromatic N) is 2. The lowest BCUT2D eigenvalue weighted by molar-refractivity contribution is 0.0482. The molecule has 1 aliphatic carbocycles. The van der Waals surface area contributed by atoms with Crippen molar-refractivity contribution in [3.63, 3.8) is 0 Å². The summed E-state index contributed by atoms with van der Waals surface area (Å²) in [4.78, 5) is 16.9. The molecule has 1 saturated heterocycles. The molecule has 6 nitrogen and oxygen atoms in total. The molecule has 1 atom stereocenters. The Hall–Kier alpha value is -1.44. The smallest absolute Gasteiger partial charge is 0.253 e. The highest BCUT2D eigenvalue weighted by Crippen LogP contribution is 2.28. The molecule has 3 rings (SSSR count). The standard InChI is InChI=1S/C20H30N2O4S/c1-27(25,26)19-8-4-7-17(14-19)20(24)22-11-9-21(10-12-22)15-18(23)13-16-5-2-3-6-16/h4,7-8,14,16,18,23H,2-3,5-6,9-13,15H2,1H3/t18-/m1/s1. The van der Waals surface area contributed by atoms with Crippen LogP contribution in [0.2, 0.25) is 0 Å². The molecule has 27 heavy (non-hydrogen) atoms. The van der Waals surface area contributed by atoms with Gasteiger partial charge in [0.05, 0.1) is 11.0 Å². The van der Waals surface area contributed by atoms with Crippen molar-refractivity contribution in [2.24, 2.45) is 5.92 Å². The Morgan fingerprint density at radius 2 is 1.85 bits per heavy atom. The van der Waals surface area contributed by atoms with Crippen LogP contribution in [0.25, 0.3) is 0 Å². The van der Waals surface area contributed by atoms with Crippen LogP contribution in [0.5, 0.6) is 0 Å². The SMILES string of the molecule is CS(=O)(=O)c1cccc(C(=O)N2CCN(C[C@H](O)CC3CCCC3)CC2)c1. The van der Waals surface area contributed by atoms with Gasteiger partial charge in [-0.3, -0.25) is 9.69 Å². The lowest BCUT2D eigenvalue weighted by Gasteiger charge is -2.36. The number of piperazine rings is 1. The van der Waals surface area contributed by atoms with Crippen molar-refractivity contribution < 1.29 is 18.3 Å². The predicted molar refractivity (Wildman–Crippen MR) is 104 cm³/mol. The normalized spacial score (nSPS) is 20.7. The molecule has 1 aromatic carbocycles. The van der Waals surface area contributed by atoms with Gasteiger partial charge in [-0.1, -0.05) is 31.7 Å². The largest absolute Gasteiger partial charge is 0.392 e. The minimum absolute atomic E-state index is 0.133. The Morgan fingerprint density at radius 3 is 2.48 bits per heavy atom. The first kappa shape index (κ1) is 20.3. The number of aliphatic hydroxyl groups excluding tert-OH is 1. The number of sulfone groups is 1. The van der Waals surface area contributed by atoms with E-state index in [2.05, 4.69) is 4.90 Å². The van der Waals surface area contributed by atoms with Gasteiger partial charge in [-0.05, 0) is 30.5 Å². The summed E-state index contributed by atoms with van der Waals surface area (Å²) in [6.07, 6.45) is 6.81. The first-order chi connectivity index (χ1) is 12.8. The van der Waals surface area contributed by atoms with E-state index < -0.39 is 9.84 Å². The molecule has 2 fully saturated rings. The molecule has 0 radical (unpaired) electrons. The number of carbonyl (C=O) groups is 1. The number of hydrogen-bond donors (Lipinski definition) is 1. The van der Waals surface area contributed by atoms with E-state index in [9.17, 15) is 18.3 Å². The fourth-order valence-corrected chi connectivity index (χ4v) is 4.85. The number of rotatable bonds is 6. The number of aliphatic hydroxyl groups is 1. The number of benzene rings is 1. The highest BCUT2D eigenvalue weighted by atomic mass is 32.2. The van der Waals surface area contributed by atoms with Crippen molar-refractivity contribution in [1.82, 2.24) is 9.80 Å². The molecular formula is C20H30N2O4S. The van der Waals surface area contributed by atoms with Gasteiger partial charge in [-0.25, -0.2) is 8.42 Å². The molecule has 2 aliphatic rings. The summed E-state index contributed by atoms with van der Waals surface area (Å²) < 4.78 is 23.4. The van der Waals surface area contributed by atoms with Crippen molar-refractivity contribution in [2.75, 3.05) is 39.0 Å². The van der Waals surface area contributed by atoms with Crippen LogP contribution < -0.4 is 0 Å².